The summed E-state index contributed by atoms with van der Waals surface area (Å²) in [4.78, 5) is 18.4. The Kier molecular flexibility index (Phi) is 3.51. The number of carbonyl (C=O) groups excluding carboxylic acids is 1. The Morgan fingerprint density at radius 1 is 1.19 bits per heavy atom. The zero-order valence-electron chi connectivity index (χ0n) is 11.4. The van der Waals surface area contributed by atoms with Crippen LogP contribution in [0.3, 0.4) is 0 Å². The minimum absolute atomic E-state index is 0.193. The van der Waals surface area contributed by atoms with Crippen LogP contribution in [0.25, 0.3) is 0 Å². The van der Waals surface area contributed by atoms with E-state index in [0.29, 0.717) is 37.6 Å². The molecule has 0 aromatic carbocycles. The van der Waals surface area contributed by atoms with E-state index < -0.39 is 11.7 Å². The number of amides is 1. The Bertz CT molecular complexity index is 535. The molecule has 0 bridgehead atoms. The lowest BCUT2D eigenvalue weighted by Crippen LogP contribution is -2.46. The molecule has 1 aromatic heterocycles. The summed E-state index contributed by atoms with van der Waals surface area (Å²) in [6.07, 6.45) is -0.799. The van der Waals surface area contributed by atoms with E-state index in [-0.39, 0.29) is 5.92 Å². The van der Waals surface area contributed by atoms with Gasteiger partial charge >= 0.3 is 6.18 Å². The van der Waals surface area contributed by atoms with Crippen LogP contribution < -0.4 is 4.90 Å². The molecule has 3 rings (SSSR count). The summed E-state index contributed by atoms with van der Waals surface area (Å²) >= 11 is 0. The molecule has 2 aliphatic rings. The van der Waals surface area contributed by atoms with E-state index in [4.69, 9.17) is 0 Å². The summed E-state index contributed by atoms with van der Waals surface area (Å²) in [5.41, 5.74) is 0.0176. The fourth-order valence-corrected chi connectivity index (χ4v) is 2.63. The predicted molar refractivity (Wildman–Crippen MR) is 71.1 cm³/mol. The second kappa shape index (κ2) is 5.20. The fraction of sp³-hybridized carbons (Fsp3) is 0.571. The number of alkyl halides is 3. The van der Waals surface area contributed by atoms with Crippen molar-refractivity contribution in [3.63, 3.8) is 0 Å². The van der Waals surface area contributed by atoms with Crippen LogP contribution in [0.2, 0.25) is 0 Å². The highest BCUT2D eigenvalue weighted by molar-refractivity contribution is 5.54. The van der Waals surface area contributed by atoms with Crippen molar-refractivity contribution in [3.8, 4) is 0 Å². The van der Waals surface area contributed by atoms with Gasteiger partial charge < -0.3 is 9.80 Å². The molecule has 0 N–H and O–H groups in total. The first-order valence-corrected chi connectivity index (χ1v) is 7.00. The second-order valence-electron chi connectivity index (χ2n) is 5.54. The molecular weight excluding hydrogens is 283 g/mol. The summed E-state index contributed by atoms with van der Waals surface area (Å²) < 4.78 is 38.5. The van der Waals surface area contributed by atoms with Crippen LogP contribution in [0, 0.1) is 0 Å². The van der Waals surface area contributed by atoms with E-state index in [9.17, 15) is 18.0 Å². The van der Waals surface area contributed by atoms with Crippen LogP contribution in [-0.4, -0.2) is 42.5 Å². The number of piperazine rings is 1. The van der Waals surface area contributed by atoms with Crippen molar-refractivity contribution in [2.75, 3.05) is 31.1 Å². The highest BCUT2D eigenvalue weighted by atomic mass is 19.4. The Morgan fingerprint density at radius 2 is 1.86 bits per heavy atom. The molecule has 2 fully saturated rings. The van der Waals surface area contributed by atoms with Crippen LogP contribution in [0.1, 0.15) is 29.9 Å². The molecular formula is C14H16F3N3O. The molecule has 0 radical (unpaired) electrons. The minimum atomic E-state index is -4.36. The van der Waals surface area contributed by atoms with Crippen LogP contribution >= 0.6 is 0 Å². The Labute approximate surface area is 120 Å². The number of hydrogen-bond acceptors (Lipinski definition) is 3. The summed E-state index contributed by atoms with van der Waals surface area (Å²) in [5.74, 6) is 0.843. The SMILES string of the molecule is O=CN1CCN(c2ncc(C(F)(F)F)cc2C2CC2)CC1. The molecule has 7 heteroatoms. The van der Waals surface area contributed by atoms with Gasteiger partial charge in [0.05, 0.1) is 5.56 Å². The summed E-state index contributed by atoms with van der Waals surface area (Å²) in [5, 5.41) is 0. The molecule has 1 saturated carbocycles. The van der Waals surface area contributed by atoms with Crippen LogP contribution in [0.5, 0.6) is 0 Å². The lowest BCUT2D eigenvalue weighted by Gasteiger charge is -2.34. The van der Waals surface area contributed by atoms with Crippen LogP contribution in [0.4, 0.5) is 19.0 Å². The van der Waals surface area contributed by atoms with Crippen molar-refractivity contribution in [2.24, 2.45) is 0 Å². The Hall–Kier alpha value is -1.79. The lowest BCUT2D eigenvalue weighted by atomic mass is 10.1. The van der Waals surface area contributed by atoms with Crippen LogP contribution in [0.15, 0.2) is 12.3 Å². The number of carbonyl (C=O) groups is 1. The summed E-state index contributed by atoms with van der Waals surface area (Å²) in [6.45, 7) is 2.38. The van der Waals surface area contributed by atoms with Crippen molar-refractivity contribution >= 4 is 12.2 Å². The minimum Gasteiger partial charge on any atom is -0.353 e. The van der Waals surface area contributed by atoms with Gasteiger partial charge in [0, 0.05) is 32.4 Å². The predicted octanol–water partition coefficient (Wildman–Crippen LogP) is 2.26. The van der Waals surface area contributed by atoms with Crippen molar-refractivity contribution in [3.05, 3.63) is 23.4 Å². The van der Waals surface area contributed by atoms with Crippen LogP contribution in [-0.2, 0) is 11.0 Å². The van der Waals surface area contributed by atoms with Crippen molar-refractivity contribution in [1.29, 1.82) is 0 Å². The van der Waals surface area contributed by atoms with Gasteiger partial charge in [-0.05, 0) is 30.4 Å². The highest BCUT2D eigenvalue weighted by Gasteiger charge is 2.36. The van der Waals surface area contributed by atoms with Gasteiger partial charge in [0.25, 0.3) is 0 Å². The highest BCUT2D eigenvalue weighted by Crippen LogP contribution is 2.45. The van der Waals surface area contributed by atoms with E-state index >= 15 is 0 Å². The molecule has 1 aliphatic carbocycles. The van der Waals surface area contributed by atoms with E-state index in [0.717, 1.165) is 25.4 Å². The van der Waals surface area contributed by atoms with E-state index in [1.807, 2.05) is 4.90 Å². The molecule has 0 atom stereocenters. The van der Waals surface area contributed by atoms with Crippen molar-refractivity contribution in [1.82, 2.24) is 9.88 Å². The third-order valence-corrected chi connectivity index (χ3v) is 4.00. The van der Waals surface area contributed by atoms with E-state index in [1.54, 1.807) is 4.90 Å². The maximum absolute atomic E-state index is 12.8. The largest absolute Gasteiger partial charge is 0.417 e. The number of rotatable bonds is 3. The first-order chi connectivity index (χ1) is 9.99. The molecule has 1 amide bonds. The average Bonchev–Trinajstić information content (AvgIpc) is 3.30. The molecule has 114 valence electrons. The third kappa shape index (κ3) is 2.96. The zero-order valence-corrected chi connectivity index (χ0v) is 11.4. The molecule has 1 saturated heterocycles. The number of nitrogens with zero attached hydrogens (tertiary/aromatic N) is 3. The van der Waals surface area contributed by atoms with Crippen molar-refractivity contribution < 1.29 is 18.0 Å². The van der Waals surface area contributed by atoms with Crippen molar-refractivity contribution in [2.45, 2.75) is 24.9 Å². The number of aromatic nitrogens is 1. The Morgan fingerprint density at radius 3 is 2.38 bits per heavy atom. The first-order valence-electron chi connectivity index (χ1n) is 7.00. The third-order valence-electron chi connectivity index (χ3n) is 4.00. The number of hydrogen-bond donors (Lipinski definition) is 0. The first kappa shape index (κ1) is 14.2. The van der Waals surface area contributed by atoms with Gasteiger partial charge in [0.15, 0.2) is 0 Å². The summed E-state index contributed by atoms with van der Waals surface area (Å²) in [6, 6.07) is 1.24. The van der Waals surface area contributed by atoms with Gasteiger partial charge in [0.1, 0.15) is 5.82 Å². The van der Waals surface area contributed by atoms with E-state index in [1.165, 1.54) is 6.07 Å². The Balaban J connectivity index is 1.86. The van der Waals surface area contributed by atoms with Gasteiger partial charge in [-0.2, -0.15) is 13.2 Å². The number of anilines is 1. The van der Waals surface area contributed by atoms with E-state index in [2.05, 4.69) is 4.98 Å². The standard InChI is InChI=1S/C14H16F3N3O/c15-14(16,17)11-7-12(10-1-2-10)13(18-8-11)20-5-3-19(9-21)4-6-20/h7-10H,1-6H2. The zero-order chi connectivity index (χ0) is 15.0. The monoisotopic (exact) mass is 299 g/mol. The molecule has 0 spiro atoms. The topological polar surface area (TPSA) is 36.4 Å². The molecule has 0 unspecified atom stereocenters. The fourth-order valence-electron chi connectivity index (χ4n) is 2.63. The maximum atomic E-state index is 12.8. The number of halogens is 3. The normalized spacial score (nSPS) is 19.8. The second-order valence-corrected chi connectivity index (χ2v) is 5.54. The quantitative estimate of drug-likeness (QED) is 0.803. The molecule has 1 aromatic rings. The molecule has 1 aliphatic heterocycles. The summed E-state index contributed by atoms with van der Waals surface area (Å²) in [7, 11) is 0. The number of pyridine rings is 1. The molecule has 21 heavy (non-hydrogen) atoms. The van der Waals surface area contributed by atoms with Gasteiger partial charge in [-0.15, -0.1) is 0 Å². The smallest absolute Gasteiger partial charge is 0.353 e. The van der Waals surface area contributed by atoms with Gasteiger partial charge in [0.2, 0.25) is 6.41 Å². The van der Waals surface area contributed by atoms with Gasteiger partial charge in [-0.1, -0.05) is 0 Å². The van der Waals surface area contributed by atoms with Gasteiger partial charge in [-0.3, -0.25) is 4.79 Å². The average molecular weight is 299 g/mol. The van der Waals surface area contributed by atoms with Gasteiger partial charge in [-0.25, -0.2) is 4.98 Å². The molecule has 2 heterocycles. The molecule has 4 nitrogen and oxygen atoms in total. The lowest BCUT2D eigenvalue weighted by molar-refractivity contribution is -0.137. The maximum Gasteiger partial charge on any atom is 0.417 e.